The Morgan fingerprint density at radius 3 is 2.32 bits per heavy atom. The molecule has 2 aromatic carbocycles. The highest BCUT2D eigenvalue weighted by molar-refractivity contribution is 5.45. The molecule has 1 atom stereocenters. The van der Waals surface area contributed by atoms with Crippen molar-refractivity contribution in [2.75, 3.05) is 11.9 Å². The average molecular weight is 296 g/mol. The number of anilines is 1. The van der Waals surface area contributed by atoms with Crippen molar-refractivity contribution in [3.05, 3.63) is 59.7 Å². The Morgan fingerprint density at radius 1 is 1.09 bits per heavy atom. The fraction of sp³-hybridized carbons (Fsp3) is 0.278. The van der Waals surface area contributed by atoms with E-state index in [0.29, 0.717) is 18.7 Å². The van der Waals surface area contributed by atoms with E-state index in [1.165, 1.54) is 0 Å². The summed E-state index contributed by atoms with van der Waals surface area (Å²) >= 11 is 0. The molecule has 114 valence electrons. The van der Waals surface area contributed by atoms with Crippen molar-refractivity contribution in [1.29, 1.82) is 5.26 Å². The van der Waals surface area contributed by atoms with Crippen LogP contribution in [0.3, 0.4) is 0 Å². The van der Waals surface area contributed by atoms with Crippen molar-refractivity contribution in [3.8, 4) is 11.8 Å². The zero-order valence-corrected chi connectivity index (χ0v) is 12.6. The SMILES string of the molecule is CC(C#N)Oc1ccc(CNc2ccc(CCO)cc2)cc1. The predicted molar refractivity (Wildman–Crippen MR) is 86.7 cm³/mol. The molecular formula is C18H20N2O2. The molecule has 1 unspecified atom stereocenters. The number of hydrogen-bond donors (Lipinski definition) is 2. The van der Waals surface area contributed by atoms with Crippen molar-refractivity contribution >= 4 is 5.69 Å². The topological polar surface area (TPSA) is 65.3 Å². The summed E-state index contributed by atoms with van der Waals surface area (Å²) in [5.41, 5.74) is 3.30. The standard InChI is InChI=1S/C18H20N2O2/c1-14(12-19)22-18-8-4-16(5-9-18)13-20-17-6-2-15(3-7-17)10-11-21/h2-9,14,20-21H,10-11,13H2,1H3. The lowest BCUT2D eigenvalue weighted by Gasteiger charge is -2.10. The van der Waals surface area contributed by atoms with Crippen LogP contribution in [0.25, 0.3) is 0 Å². The molecule has 0 aliphatic heterocycles. The number of nitriles is 1. The van der Waals surface area contributed by atoms with Crippen molar-refractivity contribution in [3.63, 3.8) is 0 Å². The number of rotatable bonds is 7. The van der Waals surface area contributed by atoms with Crippen LogP contribution in [0.1, 0.15) is 18.1 Å². The molecule has 22 heavy (non-hydrogen) atoms. The highest BCUT2D eigenvalue weighted by Crippen LogP contribution is 2.16. The van der Waals surface area contributed by atoms with Crippen molar-refractivity contribution in [1.82, 2.24) is 0 Å². The normalized spacial score (nSPS) is 11.5. The van der Waals surface area contributed by atoms with Gasteiger partial charge in [0.2, 0.25) is 0 Å². The lowest BCUT2D eigenvalue weighted by Crippen LogP contribution is -2.08. The van der Waals surface area contributed by atoms with E-state index in [1.54, 1.807) is 6.92 Å². The van der Waals surface area contributed by atoms with Gasteiger partial charge in [-0.1, -0.05) is 24.3 Å². The molecule has 0 saturated heterocycles. The Balaban J connectivity index is 1.87. The van der Waals surface area contributed by atoms with Crippen LogP contribution in [0.5, 0.6) is 5.75 Å². The summed E-state index contributed by atoms with van der Waals surface area (Å²) < 4.78 is 5.42. The number of nitrogens with one attached hydrogen (secondary N) is 1. The first-order valence-corrected chi connectivity index (χ1v) is 7.30. The number of aliphatic hydroxyl groups excluding tert-OH is 1. The van der Waals surface area contributed by atoms with E-state index in [1.807, 2.05) is 54.6 Å². The van der Waals surface area contributed by atoms with E-state index < -0.39 is 6.10 Å². The summed E-state index contributed by atoms with van der Waals surface area (Å²) in [5.74, 6) is 0.700. The molecule has 0 fully saturated rings. The average Bonchev–Trinajstić information content (AvgIpc) is 2.56. The summed E-state index contributed by atoms with van der Waals surface area (Å²) in [6.45, 7) is 2.61. The Hall–Kier alpha value is -2.51. The van der Waals surface area contributed by atoms with E-state index in [2.05, 4.69) is 5.32 Å². The molecule has 4 nitrogen and oxygen atoms in total. The summed E-state index contributed by atoms with van der Waals surface area (Å²) in [5, 5.41) is 21.0. The first-order chi connectivity index (χ1) is 10.7. The molecular weight excluding hydrogens is 276 g/mol. The zero-order chi connectivity index (χ0) is 15.8. The maximum absolute atomic E-state index is 8.89. The number of hydrogen-bond acceptors (Lipinski definition) is 4. The molecule has 0 amide bonds. The molecule has 0 aliphatic carbocycles. The first-order valence-electron chi connectivity index (χ1n) is 7.30. The van der Waals surface area contributed by atoms with Crippen molar-refractivity contribution < 1.29 is 9.84 Å². The third-order valence-corrected chi connectivity index (χ3v) is 3.27. The fourth-order valence-electron chi connectivity index (χ4n) is 2.04. The van der Waals surface area contributed by atoms with Crippen LogP contribution in [0.15, 0.2) is 48.5 Å². The van der Waals surface area contributed by atoms with Gasteiger partial charge in [0.25, 0.3) is 0 Å². The van der Waals surface area contributed by atoms with E-state index in [4.69, 9.17) is 15.1 Å². The van der Waals surface area contributed by atoms with Gasteiger partial charge in [-0.25, -0.2) is 0 Å². The number of aliphatic hydroxyl groups is 1. The van der Waals surface area contributed by atoms with Crippen LogP contribution < -0.4 is 10.1 Å². The van der Waals surface area contributed by atoms with Gasteiger partial charge in [0.15, 0.2) is 6.10 Å². The van der Waals surface area contributed by atoms with Gasteiger partial charge in [-0.05, 0) is 48.7 Å². The third-order valence-electron chi connectivity index (χ3n) is 3.27. The second-order valence-electron chi connectivity index (χ2n) is 5.06. The van der Waals surface area contributed by atoms with Gasteiger partial charge in [0.05, 0.1) is 0 Å². The Morgan fingerprint density at radius 2 is 1.73 bits per heavy atom. The third kappa shape index (κ3) is 4.80. The second kappa shape index (κ2) is 8.06. The van der Waals surface area contributed by atoms with E-state index in [-0.39, 0.29) is 6.61 Å². The minimum Gasteiger partial charge on any atom is -0.476 e. The molecule has 2 aromatic rings. The molecule has 0 bridgehead atoms. The number of ether oxygens (including phenoxy) is 1. The monoisotopic (exact) mass is 296 g/mol. The van der Waals surface area contributed by atoms with Gasteiger partial charge >= 0.3 is 0 Å². The largest absolute Gasteiger partial charge is 0.476 e. The highest BCUT2D eigenvalue weighted by Gasteiger charge is 2.01. The second-order valence-corrected chi connectivity index (χ2v) is 5.06. The van der Waals surface area contributed by atoms with Gasteiger partial charge in [-0.2, -0.15) is 5.26 Å². The summed E-state index contributed by atoms with van der Waals surface area (Å²) in [6, 6.07) is 17.8. The summed E-state index contributed by atoms with van der Waals surface area (Å²) in [7, 11) is 0. The van der Waals surface area contributed by atoms with E-state index >= 15 is 0 Å². The van der Waals surface area contributed by atoms with Gasteiger partial charge in [-0.15, -0.1) is 0 Å². The minimum absolute atomic E-state index is 0.172. The van der Waals surface area contributed by atoms with Crippen LogP contribution in [0.4, 0.5) is 5.69 Å². The predicted octanol–water partition coefficient (Wildman–Crippen LogP) is 3.12. The molecule has 0 aromatic heterocycles. The maximum atomic E-state index is 8.89. The smallest absolute Gasteiger partial charge is 0.181 e. The maximum Gasteiger partial charge on any atom is 0.181 e. The van der Waals surface area contributed by atoms with E-state index in [0.717, 1.165) is 16.8 Å². The van der Waals surface area contributed by atoms with Crippen molar-refractivity contribution in [2.24, 2.45) is 0 Å². The van der Waals surface area contributed by atoms with Crippen LogP contribution in [0.2, 0.25) is 0 Å². The molecule has 0 aliphatic rings. The molecule has 0 heterocycles. The highest BCUT2D eigenvalue weighted by atomic mass is 16.5. The Labute approximate surface area is 131 Å². The zero-order valence-electron chi connectivity index (χ0n) is 12.6. The summed E-state index contributed by atoms with van der Waals surface area (Å²) in [4.78, 5) is 0. The minimum atomic E-state index is -0.443. The van der Waals surface area contributed by atoms with Crippen molar-refractivity contribution in [2.45, 2.75) is 26.0 Å². The lowest BCUT2D eigenvalue weighted by molar-refractivity contribution is 0.276. The van der Waals surface area contributed by atoms with Crippen LogP contribution in [0, 0.1) is 11.3 Å². The number of nitrogens with zero attached hydrogens (tertiary/aromatic N) is 1. The lowest BCUT2D eigenvalue weighted by atomic mass is 10.1. The molecule has 0 radical (unpaired) electrons. The van der Waals surface area contributed by atoms with Gasteiger partial charge in [0.1, 0.15) is 11.8 Å². The van der Waals surface area contributed by atoms with E-state index in [9.17, 15) is 0 Å². The Bertz CT molecular complexity index is 615. The first kappa shape index (κ1) is 15.9. The van der Waals surface area contributed by atoms with Crippen LogP contribution in [-0.2, 0) is 13.0 Å². The molecule has 2 rings (SSSR count). The number of benzene rings is 2. The quantitative estimate of drug-likeness (QED) is 0.824. The van der Waals surface area contributed by atoms with Gasteiger partial charge < -0.3 is 15.2 Å². The molecule has 0 spiro atoms. The van der Waals surface area contributed by atoms with Crippen LogP contribution >= 0.6 is 0 Å². The molecule has 0 saturated carbocycles. The molecule has 2 N–H and O–H groups in total. The van der Waals surface area contributed by atoms with Gasteiger partial charge in [-0.3, -0.25) is 0 Å². The fourth-order valence-corrected chi connectivity index (χ4v) is 2.04. The molecule has 4 heteroatoms. The van der Waals surface area contributed by atoms with Crippen LogP contribution in [-0.4, -0.2) is 17.8 Å². The van der Waals surface area contributed by atoms with Gasteiger partial charge in [0, 0.05) is 18.8 Å². The summed E-state index contributed by atoms with van der Waals surface area (Å²) in [6.07, 6.45) is 0.240. The Kier molecular flexibility index (Phi) is 5.81.